The van der Waals surface area contributed by atoms with Gasteiger partial charge in [0, 0.05) is 10.9 Å². The SMILES string of the molecule is COc1ccccc1/C=C/c1ncnc2ccccc12. The summed E-state index contributed by atoms with van der Waals surface area (Å²) in [6, 6.07) is 15.9. The van der Waals surface area contributed by atoms with Crippen molar-refractivity contribution in [3.63, 3.8) is 0 Å². The van der Waals surface area contributed by atoms with Crippen LogP contribution in [0.15, 0.2) is 54.9 Å². The van der Waals surface area contributed by atoms with Gasteiger partial charge in [-0.3, -0.25) is 0 Å². The Labute approximate surface area is 117 Å². The van der Waals surface area contributed by atoms with Crippen molar-refractivity contribution in [3.8, 4) is 5.75 Å². The average molecular weight is 262 g/mol. The van der Waals surface area contributed by atoms with Crippen LogP contribution < -0.4 is 4.74 Å². The lowest BCUT2D eigenvalue weighted by molar-refractivity contribution is 0.414. The van der Waals surface area contributed by atoms with Gasteiger partial charge in [-0.05, 0) is 24.3 Å². The van der Waals surface area contributed by atoms with Gasteiger partial charge >= 0.3 is 0 Å². The van der Waals surface area contributed by atoms with Crippen LogP contribution in [0.2, 0.25) is 0 Å². The number of hydrogen-bond acceptors (Lipinski definition) is 3. The van der Waals surface area contributed by atoms with Gasteiger partial charge in [0.15, 0.2) is 0 Å². The Hall–Kier alpha value is -2.68. The third-order valence-corrected chi connectivity index (χ3v) is 3.13. The first-order valence-electron chi connectivity index (χ1n) is 6.39. The Kier molecular flexibility index (Phi) is 3.42. The maximum Gasteiger partial charge on any atom is 0.126 e. The summed E-state index contributed by atoms with van der Waals surface area (Å²) in [5.41, 5.74) is 2.88. The largest absolute Gasteiger partial charge is 0.496 e. The molecule has 3 heteroatoms. The van der Waals surface area contributed by atoms with Crippen molar-refractivity contribution in [2.75, 3.05) is 7.11 Å². The molecule has 0 unspecified atom stereocenters. The van der Waals surface area contributed by atoms with E-state index < -0.39 is 0 Å². The molecule has 0 radical (unpaired) electrons. The number of nitrogens with zero attached hydrogens (tertiary/aromatic N) is 2. The van der Waals surface area contributed by atoms with E-state index >= 15 is 0 Å². The maximum atomic E-state index is 5.34. The highest BCUT2D eigenvalue weighted by atomic mass is 16.5. The van der Waals surface area contributed by atoms with Gasteiger partial charge in [-0.15, -0.1) is 0 Å². The van der Waals surface area contributed by atoms with Gasteiger partial charge in [-0.25, -0.2) is 9.97 Å². The maximum absolute atomic E-state index is 5.34. The van der Waals surface area contributed by atoms with E-state index in [2.05, 4.69) is 9.97 Å². The van der Waals surface area contributed by atoms with Crippen molar-refractivity contribution in [2.24, 2.45) is 0 Å². The second-order valence-electron chi connectivity index (χ2n) is 4.35. The monoisotopic (exact) mass is 262 g/mol. The number of aromatic nitrogens is 2. The number of methoxy groups -OCH3 is 1. The lowest BCUT2D eigenvalue weighted by Crippen LogP contribution is -1.88. The van der Waals surface area contributed by atoms with Crippen molar-refractivity contribution in [1.82, 2.24) is 9.97 Å². The fourth-order valence-corrected chi connectivity index (χ4v) is 2.13. The normalized spacial score (nSPS) is 11.1. The highest BCUT2D eigenvalue weighted by molar-refractivity contribution is 5.88. The molecule has 0 amide bonds. The smallest absolute Gasteiger partial charge is 0.126 e. The molecule has 3 rings (SSSR count). The van der Waals surface area contributed by atoms with Gasteiger partial charge < -0.3 is 4.74 Å². The Morgan fingerprint density at radius 3 is 2.60 bits per heavy atom. The standard InChI is InChI=1S/C17H14N2O/c1-20-17-9-5-2-6-13(17)10-11-16-14-7-3-4-8-15(14)18-12-19-16/h2-12H,1H3/b11-10+. The van der Waals surface area contributed by atoms with E-state index in [-0.39, 0.29) is 0 Å². The molecule has 2 aromatic carbocycles. The van der Waals surface area contributed by atoms with E-state index in [9.17, 15) is 0 Å². The van der Waals surface area contributed by atoms with Crippen molar-refractivity contribution in [2.45, 2.75) is 0 Å². The third kappa shape index (κ3) is 2.38. The molecule has 0 N–H and O–H groups in total. The van der Waals surface area contributed by atoms with Crippen molar-refractivity contribution < 1.29 is 4.74 Å². The van der Waals surface area contributed by atoms with E-state index in [1.54, 1.807) is 13.4 Å². The van der Waals surface area contributed by atoms with Crippen LogP contribution in [0.5, 0.6) is 5.75 Å². The molecule has 0 bridgehead atoms. The molecular formula is C17H14N2O. The van der Waals surface area contributed by atoms with Crippen molar-refractivity contribution in [1.29, 1.82) is 0 Å². The van der Waals surface area contributed by atoms with Gasteiger partial charge in [0.2, 0.25) is 0 Å². The molecule has 0 aliphatic rings. The Morgan fingerprint density at radius 1 is 0.900 bits per heavy atom. The van der Waals surface area contributed by atoms with Crippen molar-refractivity contribution >= 4 is 23.1 Å². The highest BCUT2D eigenvalue weighted by Gasteiger charge is 2.01. The van der Waals surface area contributed by atoms with Gasteiger partial charge in [-0.1, -0.05) is 36.4 Å². The van der Waals surface area contributed by atoms with Crippen LogP contribution >= 0.6 is 0 Å². The van der Waals surface area contributed by atoms with Crippen LogP contribution in [0.25, 0.3) is 23.1 Å². The lowest BCUT2D eigenvalue weighted by Gasteiger charge is -2.04. The Balaban J connectivity index is 2.03. The quantitative estimate of drug-likeness (QED) is 0.720. The molecule has 0 aliphatic carbocycles. The summed E-state index contributed by atoms with van der Waals surface area (Å²) in [7, 11) is 1.67. The molecule has 0 saturated carbocycles. The Morgan fingerprint density at radius 2 is 1.70 bits per heavy atom. The summed E-state index contributed by atoms with van der Waals surface area (Å²) in [5.74, 6) is 0.849. The molecule has 0 fully saturated rings. The minimum absolute atomic E-state index is 0.849. The van der Waals surface area contributed by atoms with Crippen LogP contribution in [0.3, 0.4) is 0 Å². The van der Waals surface area contributed by atoms with E-state index in [4.69, 9.17) is 4.74 Å². The van der Waals surface area contributed by atoms with Crippen LogP contribution in [-0.2, 0) is 0 Å². The molecular weight excluding hydrogens is 248 g/mol. The molecule has 0 aliphatic heterocycles. The third-order valence-electron chi connectivity index (χ3n) is 3.13. The second-order valence-corrected chi connectivity index (χ2v) is 4.35. The summed E-state index contributed by atoms with van der Waals surface area (Å²) in [6.07, 6.45) is 5.58. The van der Waals surface area contributed by atoms with Crippen LogP contribution in [0.1, 0.15) is 11.3 Å². The van der Waals surface area contributed by atoms with E-state index in [0.717, 1.165) is 27.9 Å². The molecule has 0 spiro atoms. The lowest BCUT2D eigenvalue weighted by atomic mass is 10.1. The molecule has 3 nitrogen and oxygen atoms in total. The van der Waals surface area contributed by atoms with Crippen molar-refractivity contribution in [3.05, 3.63) is 66.1 Å². The summed E-state index contributed by atoms with van der Waals surface area (Å²) < 4.78 is 5.34. The van der Waals surface area contributed by atoms with Gasteiger partial charge in [0.1, 0.15) is 12.1 Å². The average Bonchev–Trinajstić information content (AvgIpc) is 2.53. The van der Waals surface area contributed by atoms with Gasteiger partial charge in [0.05, 0.1) is 18.3 Å². The number of benzene rings is 2. The van der Waals surface area contributed by atoms with E-state index in [0.29, 0.717) is 0 Å². The first-order valence-corrected chi connectivity index (χ1v) is 6.39. The zero-order chi connectivity index (χ0) is 13.8. The number of rotatable bonds is 3. The first-order chi connectivity index (χ1) is 9.88. The molecule has 98 valence electrons. The molecule has 1 aromatic heterocycles. The number of ether oxygens (including phenoxy) is 1. The van der Waals surface area contributed by atoms with Gasteiger partial charge in [-0.2, -0.15) is 0 Å². The summed E-state index contributed by atoms with van der Waals surface area (Å²) in [5, 5.41) is 1.04. The van der Waals surface area contributed by atoms with Crippen LogP contribution in [0, 0.1) is 0 Å². The zero-order valence-electron chi connectivity index (χ0n) is 11.2. The highest BCUT2D eigenvalue weighted by Crippen LogP contribution is 2.21. The molecule has 20 heavy (non-hydrogen) atoms. The second kappa shape index (κ2) is 5.53. The fraction of sp³-hybridized carbons (Fsp3) is 0.0588. The summed E-state index contributed by atoms with van der Waals surface area (Å²) in [6.45, 7) is 0. The summed E-state index contributed by atoms with van der Waals surface area (Å²) in [4.78, 5) is 8.60. The van der Waals surface area contributed by atoms with Gasteiger partial charge in [0.25, 0.3) is 0 Å². The topological polar surface area (TPSA) is 35.0 Å². The van der Waals surface area contributed by atoms with Crippen LogP contribution in [-0.4, -0.2) is 17.1 Å². The number of para-hydroxylation sites is 2. The minimum Gasteiger partial charge on any atom is -0.496 e. The number of hydrogen-bond donors (Lipinski definition) is 0. The molecule has 3 aromatic rings. The predicted molar refractivity (Wildman–Crippen MR) is 81.5 cm³/mol. The van der Waals surface area contributed by atoms with Crippen LogP contribution in [0.4, 0.5) is 0 Å². The Bertz CT molecular complexity index is 760. The fourth-order valence-electron chi connectivity index (χ4n) is 2.13. The molecule has 0 atom stereocenters. The predicted octanol–water partition coefficient (Wildman–Crippen LogP) is 3.81. The first kappa shape index (κ1) is 12.4. The minimum atomic E-state index is 0.849. The summed E-state index contributed by atoms with van der Waals surface area (Å²) >= 11 is 0. The molecule has 0 saturated heterocycles. The van der Waals surface area contributed by atoms with E-state index in [1.165, 1.54) is 0 Å². The molecule has 1 heterocycles. The van der Waals surface area contributed by atoms with E-state index in [1.807, 2.05) is 60.7 Å². The number of fused-ring (bicyclic) bond motifs is 1. The zero-order valence-corrected chi connectivity index (χ0v) is 11.2.